The second-order valence-electron chi connectivity index (χ2n) is 7.32. The maximum absolute atomic E-state index is 4.10. The van der Waals surface area contributed by atoms with E-state index >= 15 is 0 Å². The molecule has 0 aromatic heterocycles. The number of benzene rings is 4. The van der Waals surface area contributed by atoms with Gasteiger partial charge in [0, 0.05) is 0 Å². The second-order valence-corrected chi connectivity index (χ2v) is 7.32. The van der Waals surface area contributed by atoms with Crippen molar-refractivity contribution in [2.45, 2.75) is 13.8 Å². The van der Waals surface area contributed by atoms with Gasteiger partial charge in [-0.2, -0.15) is 0 Å². The average Bonchev–Trinajstić information content (AvgIpc) is 2.81. The van der Waals surface area contributed by atoms with Crippen LogP contribution in [0.2, 0.25) is 0 Å². The van der Waals surface area contributed by atoms with Crippen molar-refractivity contribution in [3.63, 3.8) is 0 Å². The Balaban J connectivity index is 2.24. The van der Waals surface area contributed by atoms with Crippen LogP contribution < -0.4 is 0 Å². The van der Waals surface area contributed by atoms with E-state index in [2.05, 4.69) is 112 Å². The SMILES string of the molecule is C=C/C(=C\C)c1c2ccccc2c(/C(C=C)=C/C)c2cc(-c3ccccc3)ccc12. The van der Waals surface area contributed by atoms with E-state index in [1.807, 2.05) is 12.2 Å². The van der Waals surface area contributed by atoms with Crippen molar-refractivity contribution in [1.82, 2.24) is 0 Å². The Hall–Kier alpha value is -3.64. The molecule has 0 amide bonds. The Morgan fingerprint density at radius 1 is 0.567 bits per heavy atom. The van der Waals surface area contributed by atoms with Crippen molar-refractivity contribution < 1.29 is 0 Å². The number of hydrogen-bond donors (Lipinski definition) is 0. The third-order valence-corrected chi connectivity index (χ3v) is 5.77. The highest BCUT2D eigenvalue weighted by atomic mass is 14.2. The monoisotopic (exact) mass is 386 g/mol. The Morgan fingerprint density at radius 2 is 1.07 bits per heavy atom. The molecule has 0 radical (unpaired) electrons. The van der Waals surface area contributed by atoms with Crippen LogP contribution in [0, 0.1) is 0 Å². The fourth-order valence-corrected chi connectivity index (χ4v) is 4.34. The summed E-state index contributed by atoms with van der Waals surface area (Å²) in [6.45, 7) is 12.3. The molecule has 146 valence electrons. The molecule has 0 aliphatic heterocycles. The summed E-state index contributed by atoms with van der Waals surface area (Å²) in [5.74, 6) is 0. The lowest BCUT2D eigenvalue weighted by atomic mass is 9.84. The number of allylic oxidation sites excluding steroid dienone is 6. The van der Waals surface area contributed by atoms with Crippen LogP contribution in [0.1, 0.15) is 25.0 Å². The molecule has 0 bridgehead atoms. The number of rotatable bonds is 5. The third kappa shape index (κ3) is 3.21. The van der Waals surface area contributed by atoms with Crippen molar-refractivity contribution in [1.29, 1.82) is 0 Å². The molecule has 4 aromatic rings. The molecule has 4 aromatic carbocycles. The summed E-state index contributed by atoms with van der Waals surface area (Å²) in [5.41, 5.74) is 7.20. The molecule has 0 atom stereocenters. The van der Waals surface area contributed by atoms with Gasteiger partial charge in [-0.05, 0) is 74.9 Å². The topological polar surface area (TPSA) is 0 Å². The van der Waals surface area contributed by atoms with Gasteiger partial charge in [-0.3, -0.25) is 0 Å². The summed E-state index contributed by atoms with van der Waals surface area (Å²) in [7, 11) is 0. The van der Waals surface area contributed by atoms with E-state index in [1.165, 1.54) is 43.8 Å². The van der Waals surface area contributed by atoms with E-state index in [1.54, 1.807) is 0 Å². The van der Waals surface area contributed by atoms with Crippen LogP contribution in [0.5, 0.6) is 0 Å². The fourth-order valence-electron chi connectivity index (χ4n) is 4.34. The fraction of sp³-hybridized carbons (Fsp3) is 0.0667. The lowest BCUT2D eigenvalue weighted by molar-refractivity contribution is 1.62. The van der Waals surface area contributed by atoms with Crippen molar-refractivity contribution >= 4 is 32.7 Å². The van der Waals surface area contributed by atoms with Gasteiger partial charge in [-0.25, -0.2) is 0 Å². The van der Waals surface area contributed by atoms with Crippen molar-refractivity contribution in [3.05, 3.63) is 121 Å². The molecule has 4 rings (SSSR count). The Morgan fingerprint density at radius 3 is 1.60 bits per heavy atom. The van der Waals surface area contributed by atoms with Crippen LogP contribution in [0.15, 0.2) is 110 Å². The first kappa shape index (κ1) is 19.7. The zero-order chi connectivity index (χ0) is 21.1. The van der Waals surface area contributed by atoms with E-state index in [0.717, 1.165) is 11.1 Å². The molecule has 0 unspecified atom stereocenters. The molecule has 0 spiro atoms. The summed E-state index contributed by atoms with van der Waals surface area (Å²) in [5, 5.41) is 4.94. The summed E-state index contributed by atoms with van der Waals surface area (Å²) in [6.07, 6.45) is 8.20. The maximum Gasteiger partial charge on any atom is -0.00297 e. The predicted molar refractivity (Wildman–Crippen MR) is 135 cm³/mol. The van der Waals surface area contributed by atoms with Crippen LogP contribution in [0.4, 0.5) is 0 Å². The van der Waals surface area contributed by atoms with Gasteiger partial charge in [-0.1, -0.05) is 104 Å². The van der Waals surface area contributed by atoms with Gasteiger partial charge in [0.15, 0.2) is 0 Å². The van der Waals surface area contributed by atoms with Crippen LogP contribution >= 0.6 is 0 Å². The molecule has 0 heterocycles. The summed E-state index contributed by atoms with van der Waals surface area (Å²) >= 11 is 0. The van der Waals surface area contributed by atoms with Gasteiger partial charge in [-0.15, -0.1) is 0 Å². The zero-order valence-corrected chi connectivity index (χ0v) is 17.7. The molecule has 0 aliphatic rings. The summed E-state index contributed by atoms with van der Waals surface area (Å²) in [6, 6.07) is 26.0. The molecular weight excluding hydrogens is 360 g/mol. The molecule has 30 heavy (non-hydrogen) atoms. The zero-order valence-electron chi connectivity index (χ0n) is 17.7. The molecular formula is C30H26. The smallest absolute Gasteiger partial charge is 0.00297 e. The van der Waals surface area contributed by atoms with E-state index in [0.29, 0.717) is 0 Å². The van der Waals surface area contributed by atoms with Gasteiger partial charge in [0.1, 0.15) is 0 Å². The van der Waals surface area contributed by atoms with Gasteiger partial charge in [0.2, 0.25) is 0 Å². The van der Waals surface area contributed by atoms with Crippen LogP contribution in [0.25, 0.3) is 43.8 Å². The minimum Gasteiger partial charge on any atom is -0.0985 e. The minimum absolute atomic E-state index is 1.15. The highest BCUT2D eigenvalue weighted by Crippen LogP contribution is 2.41. The van der Waals surface area contributed by atoms with Gasteiger partial charge in [0.05, 0.1) is 0 Å². The van der Waals surface area contributed by atoms with Crippen molar-refractivity contribution in [2.24, 2.45) is 0 Å². The highest BCUT2D eigenvalue weighted by molar-refractivity contribution is 6.18. The van der Waals surface area contributed by atoms with Crippen molar-refractivity contribution in [2.75, 3.05) is 0 Å². The Bertz CT molecular complexity index is 1310. The Labute approximate surface area is 179 Å². The van der Waals surface area contributed by atoms with Crippen molar-refractivity contribution in [3.8, 4) is 11.1 Å². The van der Waals surface area contributed by atoms with Gasteiger partial charge in [0.25, 0.3) is 0 Å². The molecule has 0 nitrogen and oxygen atoms in total. The van der Waals surface area contributed by atoms with Gasteiger partial charge >= 0.3 is 0 Å². The molecule has 0 saturated carbocycles. The van der Waals surface area contributed by atoms with Gasteiger partial charge < -0.3 is 0 Å². The third-order valence-electron chi connectivity index (χ3n) is 5.77. The first-order valence-corrected chi connectivity index (χ1v) is 10.4. The largest absolute Gasteiger partial charge is 0.0985 e. The molecule has 0 aliphatic carbocycles. The summed E-state index contributed by atoms with van der Waals surface area (Å²) in [4.78, 5) is 0. The lowest BCUT2D eigenvalue weighted by Gasteiger charge is -2.19. The second kappa shape index (κ2) is 8.39. The predicted octanol–water partition coefficient (Wildman–Crippen LogP) is 8.84. The van der Waals surface area contributed by atoms with E-state index in [-0.39, 0.29) is 0 Å². The van der Waals surface area contributed by atoms with E-state index < -0.39 is 0 Å². The molecule has 0 N–H and O–H groups in total. The standard InChI is InChI=1S/C30H26/c1-5-21(6-2)29-25-16-12-13-17-26(25)30(22(7-3)8-4)28-20-24(18-19-27(28)29)23-14-10-9-11-15-23/h5-20H,1,3H2,2,4H3/b21-6+,22-8+. The quantitative estimate of drug-likeness (QED) is 0.237. The number of fused-ring (bicyclic) bond motifs is 2. The summed E-state index contributed by atoms with van der Waals surface area (Å²) < 4.78 is 0. The minimum atomic E-state index is 1.15. The maximum atomic E-state index is 4.10. The normalized spacial score (nSPS) is 12.3. The van der Waals surface area contributed by atoms with E-state index in [9.17, 15) is 0 Å². The average molecular weight is 387 g/mol. The molecule has 0 fully saturated rings. The van der Waals surface area contributed by atoms with Crippen LogP contribution in [-0.2, 0) is 0 Å². The molecule has 0 saturated heterocycles. The van der Waals surface area contributed by atoms with Crippen LogP contribution in [0.3, 0.4) is 0 Å². The molecule has 0 heteroatoms. The highest BCUT2D eigenvalue weighted by Gasteiger charge is 2.17. The first-order chi connectivity index (χ1) is 14.7. The Kier molecular flexibility index (Phi) is 5.50. The number of hydrogen-bond acceptors (Lipinski definition) is 0. The lowest BCUT2D eigenvalue weighted by Crippen LogP contribution is -1.95. The van der Waals surface area contributed by atoms with E-state index in [4.69, 9.17) is 0 Å². The first-order valence-electron chi connectivity index (χ1n) is 10.4. The van der Waals surface area contributed by atoms with Crippen LogP contribution in [-0.4, -0.2) is 0 Å².